The van der Waals surface area contributed by atoms with Gasteiger partial charge in [0.1, 0.15) is 11.6 Å². The normalized spacial score (nSPS) is 22.7. The molecule has 2 rings (SSSR count). The predicted molar refractivity (Wildman–Crippen MR) is 78.6 cm³/mol. The topological polar surface area (TPSA) is 28.2 Å². The van der Waals surface area contributed by atoms with E-state index in [1.165, 1.54) is 0 Å². The minimum absolute atomic E-state index is 0.300. The van der Waals surface area contributed by atoms with Gasteiger partial charge in [0.15, 0.2) is 0 Å². The Hall–Kier alpha value is -1.46. The molecule has 21 heavy (non-hydrogen) atoms. The first-order valence-electron chi connectivity index (χ1n) is 7.39. The number of pyridine rings is 1. The first-order valence-corrected chi connectivity index (χ1v) is 7.39. The molecule has 1 aromatic rings. The van der Waals surface area contributed by atoms with Crippen LogP contribution in [0.15, 0.2) is 12.1 Å². The van der Waals surface area contributed by atoms with Crippen molar-refractivity contribution < 1.29 is 13.2 Å². The Morgan fingerprint density at radius 1 is 1.24 bits per heavy atom. The lowest BCUT2D eigenvalue weighted by atomic mass is 10.0. The minimum Gasteiger partial charge on any atom is -0.370 e. The van der Waals surface area contributed by atoms with Gasteiger partial charge in [-0.2, -0.15) is 13.2 Å². The molecule has 1 saturated heterocycles. The molecule has 1 aliphatic heterocycles. The maximum Gasteiger partial charge on any atom is 0.416 e. The van der Waals surface area contributed by atoms with E-state index in [0.717, 1.165) is 31.6 Å². The van der Waals surface area contributed by atoms with Gasteiger partial charge in [0.25, 0.3) is 0 Å². The number of anilines is 2. The Kier molecular flexibility index (Phi) is 4.64. The SMILES string of the molecule is CCCNc1cc(C(F)(F)F)cc(N2CC(C)C(C)C2)n1. The number of nitrogens with zero attached hydrogens (tertiary/aromatic N) is 2. The lowest BCUT2D eigenvalue weighted by Crippen LogP contribution is -2.22. The largest absolute Gasteiger partial charge is 0.416 e. The van der Waals surface area contributed by atoms with Crippen LogP contribution < -0.4 is 10.2 Å². The van der Waals surface area contributed by atoms with Gasteiger partial charge >= 0.3 is 6.18 Å². The van der Waals surface area contributed by atoms with Gasteiger partial charge in [0, 0.05) is 19.6 Å². The summed E-state index contributed by atoms with van der Waals surface area (Å²) in [5.41, 5.74) is -0.640. The maximum atomic E-state index is 13.0. The summed E-state index contributed by atoms with van der Waals surface area (Å²) < 4.78 is 39.1. The van der Waals surface area contributed by atoms with E-state index < -0.39 is 11.7 Å². The van der Waals surface area contributed by atoms with E-state index >= 15 is 0 Å². The van der Waals surface area contributed by atoms with Crippen molar-refractivity contribution >= 4 is 11.6 Å². The summed E-state index contributed by atoms with van der Waals surface area (Å²) in [6.45, 7) is 8.32. The lowest BCUT2D eigenvalue weighted by Gasteiger charge is -2.20. The van der Waals surface area contributed by atoms with E-state index in [0.29, 0.717) is 30.0 Å². The molecule has 0 radical (unpaired) electrons. The number of halogens is 3. The van der Waals surface area contributed by atoms with Gasteiger partial charge in [-0.3, -0.25) is 0 Å². The third kappa shape index (κ3) is 3.80. The van der Waals surface area contributed by atoms with Crippen molar-refractivity contribution in [1.29, 1.82) is 0 Å². The zero-order chi connectivity index (χ0) is 15.6. The first-order chi connectivity index (χ1) is 9.81. The highest BCUT2D eigenvalue weighted by Gasteiger charge is 2.33. The molecule has 0 aliphatic carbocycles. The number of hydrogen-bond donors (Lipinski definition) is 1. The van der Waals surface area contributed by atoms with Crippen LogP contribution in [0, 0.1) is 11.8 Å². The van der Waals surface area contributed by atoms with Crippen molar-refractivity contribution in [2.24, 2.45) is 11.8 Å². The first kappa shape index (κ1) is 15.9. The Morgan fingerprint density at radius 2 is 1.86 bits per heavy atom. The standard InChI is InChI=1S/C15H22F3N3/c1-4-5-19-13-6-12(15(16,17)18)7-14(20-13)21-8-10(2)11(3)9-21/h6-7,10-11H,4-5,8-9H2,1-3H3,(H,19,20). The molecule has 0 bridgehead atoms. The summed E-state index contributed by atoms with van der Waals surface area (Å²) in [5.74, 6) is 1.65. The van der Waals surface area contributed by atoms with Crippen molar-refractivity contribution in [2.75, 3.05) is 29.9 Å². The van der Waals surface area contributed by atoms with Crippen molar-refractivity contribution in [3.05, 3.63) is 17.7 Å². The number of hydrogen-bond acceptors (Lipinski definition) is 3. The van der Waals surface area contributed by atoms with E-state index in [1.807, 2.05) is 11.8 Å². The Balaban J connectivity index is 2.31. The second kappa shape index (κ2) is 6.12. The molecule has 0 aromatic carbocycles. The molecule has 2 unspecified atom stereocenters. The molecule has 1 fully saturated rings. The van der Waals surface area contributed by atoms with Gasteiger partial charge in [-0.05, 0) is 30.4 Å². The molecule has 0 amide bonds. The van der Waals surface area contributed by atoms with Crippen LogP contribution in [0.25, 0.3) is 0 Å². The second-order valence-corrected chi connectivity index (χ2v) is 5.88. The molecular weight excluding hydrogens is 279 g/mol. The Morgan fingerprint density at radius 3 is 2.38 bits per heavy atom. The van der Waals surface area contributed by atoms with Crippen molar-refractivity contribution in [2.45, 2.75) is 33.4 Å². The fourth-order valence-corrected chi connectivity index (χ4v) is 2.50. The van der Waals surface area contributed by atoms with Gasteiger partial charge in [-0.1, -0.05) is 20.8 Å². The fourth-order valence-electron chi connectivity index (χ4n) is 2.50. The van der Waals surface area contributed by atoms with E-state index in [-0.39, 0.29) is 0 Å². The highest BCUT2D eigenvalue weighted by molar-refractivity contribution is 5.52. The molecule has 2 heterocycles. The quantitative estimate of drug-likeness (QED) is 0.910. The smallest absolute Gasteiger partial charge is 0.370 e. The zero-order valence-electron chi connectivity index (χ0n) is 12.7. The van der Waals surface area contributed by atoms with Gasteiger partial charge < -0.3 is 10.2 Å². The van der Waals surface area contributed by atoms with Crippen LogP contribution in [-0.4, -0.2) is 24.6 Å². The van der Waals surface area contributed by atoms with Crippen molar-refractivity contribution in [3.8, 4) is 0 Å². The summed E-state index contributed by atoms with van der Waals surface area (Å²) in [6.07, 6.45) is -3.51. The van der Waals surface area contributed by atoms with Crippen LogP contribution >= 0.6 is 0 Å². The van der Waals surface area contributed by atoms with Crippen LogP contribution in [0.3, 0.4) is 0 Å². The van der Waals surface area contributed by atoms with Gasteiger partial charge in [-0.15, -0.1) is 0 Å². The van der Waals surface area contributed by atoms with Crippen molar-refractivity contribution in [3.63, 3.8) is 0 Å². The van der Waals surface area contributed by atoms with Gasteiger partial charge in [-0.25, -0.2) is 4.98 Å². The van der Waals surface area contributed by atoms with Crippen LogP contribution in [0.2, 0.25) is 0 Å². The Labute approximate surface area is 123 Å². The third-order valence-corrected chi connectivity index (χ3v) is 4.01. The minimum atomic E-state index is -4.35. The summed E-state index contributed by atoms with van der Waals surface area (Å²) >= 11 is 0. The molecule has 2 atom stereocenters. The van der Waals surface area contributed by atoms with E-state index in [4.69, 9.17) is 0 Å². The average Bonchev–Trinajstić information content (AvgIpc) is 2.75. The van der Waals surface area contributed by atoms with Crippen LogP contribution in [0.5, 0.6) is 0 Å². The fraction of sp³-hybridized carbons (Fsp3) is 0.667. The molecular formula is C15H22F3N3. The molecule has 0 saturated carbocycles. The van der Waals surface area contributed by atoms with E-state index in [9.17, 15) is 13.2 Å². The molecule has 1 N–H and O–H groups in total. The summed E-state index contributed by atoms with van der Waals surface area (Å²) in [6, 6.07) is 2.24. The summed E-state index contributed by atoms with van der Waals surface area (Å²) in [5, 5.41) is 2.96. The Bertz CT molecular complexity index is 478. The molecule has 0 spiro atoms. The number of aromatic nitrogens is 1. The lowest BCUT2D eigenvalue weighted by molar-refractivity contribution is -0.137. The van der Waals surface area contributed by atoms with E-state index in [2.05, 4.69) is 24.1 Å². The number of alkyl halides is 3. The molecule has 118 valence electrons. The van der Waals surface area contributed by atoms with Gasteiger partial charge in [0.05, 0.1) is 5.56 Å². The summed E-state index contributed by atoms with van der Waals surface area (Å²) in [7, 11) is 0. The average molecular weight is 301 g/mol. The molecule has 1 aromatic heterocycles. The van der Waals surface area contributed by atoms with Crippen molar-refractivity contribution in [1.82, 2.24) is 4.98 Å². The predicted octanol–water partition coefficient (Wildman–Crippen LogP) is 4.01. The van der Waals surface area contributed by atoms with E-state index in [1.54, 1.807) is 0 Å². The number of nitrogens with one attached hydrogen (secondary N) is 1. The van der Waals surface area contributed by atoms with Crippen LogP contribution in [0.1, 0.15) is 32.8 Å². The highest BCUT2D eigenvalue weighted by Crippen LogP contribution is 2.34. The maximum absolute atomic E-state index is 13.0. The van der Waals surface area contributed by atoms with Crippen LogP contribution in [-0.2, 0) is 6.18 Å². The monoisotopic (exact) mass is 301 g/mol. The summed E-state index contributed by atoms with van der Waals surface area (Å²) in [4.78, 5) is 6.30. The highest BCUT2D eigenvalue weighted by atomic mass is 19.4. The molecule has 6 heteroatoms. The van der Waals surface area contributed by atoms with Gasteiger partial charge in [0.2, 0.25) is 0 Å². The molecule has 3 nitrogen and oxygen atoms in total. The zero-order valence-corrected chi connectivity index (χ0v) is 12.7. The molecule has 1 aliphatic rings. The number of rotatable bonds is 4. The third-order valence-electron chi connectivity index (χ3n) is 4.01. The second-order valence-electron chi connectivity index (χ2n) is 5.88. The van der Waals surface area contributed by atoms with Crippen LogP contribution in [0.4, 0.5) is 24.8 Å².